The maximum atomic E-state index is 13.1. The predicted molar refractivity (Wildman–Crippen MR) is 123 cm³/mol. The van der Waals surface area contributed by atoms with Crippen LogP contribution >= 0.6 is 0 Å². The molecule has 1 aliphatic rings. The maximum absolute atomic E-state index is 13.1. The minimum Gasteiger partial charge on any atom is -0.352 e. The van der Waals surface area contributed by atoms with Gasteiger partial charge in [-0.3, -0.25) is 19.7 Å². The number of likely N-dealkylation sites (N-methyl/N-ethyl adjacent to an activating group) is 1. The van der Waals surface area contributed by atoms with E-state index < -0.39 is 11.0 Å². The zero-order chi connectivity index (χ0) is 23.4. The second-order valence-corrected chi connectivity index (χ2v) is 8.55. The highest BCUT2D eigenvalue weighted by atomic mass is 16.6. The van der Waals surface area contributed by atoms with Gasteiger partial charge < -0.3 is 15.1 Å². The fourth-order valence-corrected chi connectivity index (χ4v) is 4.14. The van der Waals surface area contributed by atoms with E-state index >= 15 is 0 Å². The third-order valence-corrected chi connectivity index (χ3v) is 6.01. The summed E-state index contributed by atoms with van der Waals surface area (Å²) in [6, 6.07) is 12.0. The number of hydrogen-bond donors (Lipinski definition) is 1. The molecule has 2 unspecified atom stereocenters. The first-order chi connectivity index (χ1) is 15.2. The summed E-state index contributed by atoms with van der Waals surface area (Å²) in [5.74, 6) is -0.447. The van der Waals surface area contributed by atoms with Gasteiger partial charge in [0, 0.05) is 30.3 Å². The number of carbonyl (C=O) groups is 2. The summed E-state index contributed by atoms with van der Waals surface area (Å²) in [7, 11) is 3.94. The SMILES string of the molecule is Cc1ccc(C(CNC(=O)C2CCCN2C(=O)c2ccc([N+](=O)[O-])c(C)c2)N(C)C)cc1. The Morgan fingerprint density at radius 3 is 2.47 bits per heavy atom. The van der Waals surface area contributed by atoms with E-state index in [-0.39, 0.29) is 23.5 Å². The van der Waals surface area contributed by atoms with Crippen LogP contribution in [0.1, 0.15) is 45.9 Å². The molecule has 1 aliphatic heterocycles. The summed E-state index contributed by atoms with van der Waals surface area (Å²) in [6.07, 6.45) is 1.34. The molecular formula is C24H30N4O4. The molecule has 0 saturated carbocycles. The van der Waals surface area contributed by atoms with Crippen molar-refractivity contribution in [2.75, 3.05) is 27.2 Å². The van der Waals surface area contributed by atoms with Gasteiger partial charge in [-0.15, -0.1) is 0 Å². The van der Waals surface area contributed by atoms with Crippen molar-refractivity contribution in [3.05, 3.63) is 74.8 Å². The molecule has 32 heavy (non-hydrogen) atoms. The lowest BCUT2D eigenvalue weighted by Gasteiger charge is -2.28. The van der Waals surface area contributed by atoms with Gasteiger partial charge in [0.25, 0.3) is 11.6 Å². The number of hydrogen-bond acceptors (Lipinski definition) is 5. The van der Waals surface area contributed by atoms with E-state index in [0.29, 0.717) is 30.6 Å². The normalized spacial score (nSPS) is 16.8. The summed E-state index contributed by atoms with van der Waals surface area (Å²) in [5, 5.41) is 14.1. The van der Waals surface area contributed by atoms with Gasteiger partial charge in [-0.1, -0.05) is 29.8 Å². The second-order valence-electron chi connectivity index (χ2n) is 8.55. The smallest absolute Gasteiger partial charge is 0.272 e. The molecule has 0 spiro atoms. The van der Waals surface area contributed by atoms with Crippen LogP contribution in [-0.4, -0.2) is 59.8 Å². The fourth-order valence-electron chi connectivity index (χ4n) is 4.14. The number of benzene rings is 2. The van der Waals surface area contributed by atoms with E-state index in [1.807, 2.05) is 21.0 Å². The van der Waals surface area contributed by atoms with E-state index in [0.717, 1.165) is 12.0 Å². The van der Waals surface area contributed by atoms with Crippen LogP contribution in [0.25, 0.3) is 0 Å². The summed E-state index contributed by atoms with van der Waals surface area (Å²) >= 11 is 0. The molecule has 170 valence electrons. The van der Waals surface area contributed by atoms with E-state index in [4.69, 9.17) is 0 Å². The van der Waals surface area contributed by atoms with Gasteiger partial charge in [-0.05, 0) is 58.5 Å². The fraction of sp³-hybridized carbons (Fsp3) is 0.417. The van der Waals surface area contributed by atoms with Crippen LogP contribution < -0.4 is 5.32 Å². The van der Waals surface area contributed by atoms with Gasteiger partial charge in [0.15, 0.2) is 0 Å². The molecule has 0 aliphatic carbocycles. The Bertz CT molecular complexity index is 1000. The maximum Gasteiger partial charge on any atom is 0.272 e. The Labute approximate surface area is 188 Å². The van der Waals surface area contributed by atoms with Crippen molar-refractivity contribution in [1.29, 1.82) is 0 Å². The molecule has 1 saturated heterocycles. The summed E-state index contributed by atoms with van der Waals surface area (Å²) < 4.78 is 0. The zero-order valence-electron chi connectivity index (χ0n) is 19.0. The number of nitro benzene ring substituents is 1. The van der Waals surface area contributed by atoms with Gasteiger partial charge in [0.05, 0.1) is 11.0 Å². The molecule has 1 fully saturated rings. The molecule has 2 aromatic rings. The van der Waals surface area contributed by atoms with Gasteiger partial charge in [-0.25, -0.2) is 0 Å². The molecule has 1 heterocycles. The number of amides is 2. The third-order valence-electron chi connectivity index (χ3n) is 6.01. The largest absolute Gasteiger partial charge is 0.352 e. The molecule has 0 bridgehead atoms. The van der Waals surface area contributed by atoms with E-state index in [1.165, 1.54) is 23.8 Å². The number of nitrogens with zero attached hydrogens (tertiary/aromatic N) is 3. The average molecular weight is 439 g/mol. The lowest BCUT2D eigenvalue weighted by atomic mass is 10.0. The summed E-state index contributed by atoms with van der Waals surface area (Å²) in [6.45, 7) is 4.57. The summed E-state index contributed by atoms with van der Waals surface area (Å²) in [4.78, 5) is 40.3. The molecule has 0 radical (unpaired) electrons. The van der Waals surface area contributed by atoms with Crippen LogP contribution in [0.3, 0.4) is 0 Å². The number of rotatable bonds is 7. The number of aryl methyl sites for hydroxylation is 2. The van der Waals surface area contributed by atoms with Crippen LogP contribution in [0.2, 0.25) is 0 Å². The highest BCUT2D eigenvalue weighted by Crippen LogP contribution is 2.24. The van der Waals surface area contributed by atoms with Gasteiger partial charge >= 0.3 is 0 Å². The summed E-state index contributed by atoms with van der Waals surface area (Å²) in [5.41, 5.74) is 3.05. The lowest BCUT2D eigenvalue weighted by Crippen LogP contribution is -2.47. The van der Waals surface area contributed by atoms with Gasteiger partial charge in [0.1, 0.15) is 6.04 Å². The highest BCUT2D eigenvalue weighted by Gasteiger charge is 2.35. The first kappa shape index (κ1) is 23.4. The number of carbonyl (C=O) groups excluding carboxylic acids is 2. The Balaban J connectivity index is 1.69. The molecule has 2 amide bonds. The van der Waals surface area contributed by atoms with Crippen LogP contribution in [0.4, 0.5) is 5.69 Å². The van der Waals surface area contributed by atoms with Crippen molar-refractivity contribution < 1.29 is 14.5 Å². The Hall–Kier alpha value is -3.26. The Morgan fingerprint density at radius 1 is 1.19 bits per heavy atom. The predicted octanol–water partition coefficient (Wildman–Crippen LogP) is 3.24. The number of nitrogens with one attached hydrogen (secondary N) is 1. The third kappa shape index (κ3) is 5.13. The van der Waals surface area contributed by atoms with Gasteiger partial charge in [-0.2, -0.15) is 0 Å². The molecule has 2 atom stereocenters. The Morgan fingerprint density at radius 2 is 1.88 bits per heavy atom. The molecule has 3 rings (SSSR count). The molecule has 8 heteroatoms. The molecule has 1 N–H and O–H groups in total. The minimum atomic E-state index is -0.543. The number of likely N-dealkylation sites (tertiary alicyclic amines) is 1. The van der Waals surface area contributed by atoms with Crippen LogP contribution in [0.5, 0.6) is 0 Å². The quantitative estimate of drug-likeness (QED) is 0.529. The van der Waals surface area contributed by atoms with Crippen LogP contribution in [0.15, 0.2) is 42.5 Å². The van der Waals surface area contributed by atoms with E-state index in [2.05, 4.69) is 34.5 Å². The molecular weight excluding hydrogens is 408 g/mol. The van der Waals surface area contributed by atoms with Crippen molar-refractivity contribution in [3.63, 3.8) is 0 Å². The second kappa shape index (κ2) is 9.91. The number of nitro groups is 1. The highest BCUT2D eigenvalue weighted by molar-refractivity contribution is 5.98. The van der Waals surface area contributed by atoms with Crippen molar-refractivity contribution in [1.82, 2.24) is 15.1 Å². The van der Waals surface area contributed by atoms with Gasteiger partial charge in [0.2, 0.25) is 5.91 Å². The Kier molecular flexibility index (Phi) is 7.25. The standard InChI is InChI=1S/C24H30N4O4/c1-16-7-9-18(10-8-16)22(26(3)4)15-25-23(29)21-6-5-13-27(21)24(30)19-11-12-20(28(31)32)17(2)14-19/h7-12,14,21-22H,5-6,13,15H2,1-4H3,(H,25,29). The van der Waals surface area contributed by atoms with Crippen LogP contribution in [-0.2, 0) is 4.79 Å². The first-order valence-corrected chi connectivity index (χ1v) is 10.8. The molecule has 2 aromatic carbocycles. The molecule has 0 aromatic heterocycles. The topological polar surface area (TPSA) is 95.8 Å². The van der Waals surface area contributed by atoms with E-state index in [9.17, 15) is 19.7 Å². The van der Waals surface area contributed by atoms with Crippen molar-refractivity contribution in [2.24, 2.45) is 0 Å². The average Bonchev–Trinajstić information content (AvgIpc) is 3.24. The minimum absolute atomic E-state index is 0.0161. The van der Waals surface area contributed by atoms with Crippen LogP contribution in [0, 0.1) is 24.0 Å². The van der Waals surface area contributed by atoms with E-state index in [1.54, 1.807) is 11.8 Å². The van der Waals surface area contributed by atoms with Crippen molar-refractivity contribution in [3.8, 4) is 0 Å². The van der Waals surface area contributed by atoms with Crippen molar-refractivity contribution >= 4 is 17.5 Å². The first-order valence-electron chi connectivity index (χ1n) is 10.8. The zero-order valence-corrected chi connectivity index (χ0v) is 19.0. The lowest BCUT2D eigenvalue weighted by molar-refractivity contribution is -0.385. The van der Waals surface area contributed by atoms with Crippen molar-refractivity contribution in [2.45, 2.75) is 38.8 Å². The monoisotopic (exact) mass is 438 g/mol. The molecule has 8 nitrogen and oxygen atoms in total.